The molecule has 0 unspecified atom stereocenters. The number of hydrogen-bond donors (Lipinski definition) is 3. The van der Waals surface area contributed by atoms with Crippen LogP contribution in [0.2, 0.25) is 0 Å². The summed E-state index contributed by atoms with van der Waals surface area (Å²) in [7, 11) is -4.49. The first-order valence-electron chi connectivity index (χ1n) is 5.89. The summed E-state index contributed by atoms with van der Waals surface area (Å²) in [6.45, 7) is 0. The standard InChI is InChI=1S/C14H10O7S/c15-13(16)10-5-2-6-11(14(17)18)12(10)8-3-1-4-9(7-8)22(19,20)21/h1-7H,(H,15,16)(H,17,18)(H,19,20,21). The van der Waals surface area contributed by atoms with Gasteiger partial charge < -0.3 is 10.2 Å². The number of rotatable bonds is 4. The van der Waals surface area contributed by atoms with Crippen LogP contribution in [0, 0.1) is 0 Å². The molecule has 114 valence electrons. The topological polar surface area (TPSA) is 129 Å². The van der Waals surface area contributed by atoms with Crippen molar-refractivity contribution >= 4 is 22.1 Å². The van der Waals surface area contributed by atoms with Gasteiger partial charge in [0.1, 0.15) is 0 Å². The molecule has 0 heterocycles. The Kier molecular flexibility index (Phi) is 3.98. The van der Waals surface area contributed by atoms with E-state index in [4.69, 9.17) is 4.55 Å². The Morgan fingerprint density at radius 3 is 1.82 bits per heavy atom. The predicted octanol–water partition coefficient (Wildman–Crippen LogP) is 2.00. The second-order valence-corrected chi connectivity index (χ2v) is 5.76. The van der Waals surface area contributed by atoms with Gasteiger partial charge in [-0.15, -0.1) is 0 Å². The van der Waals surface area contributed by atoms with Gasteiger partial charge in [0.05, 0.1) is 16.0 Å². The highest BCUT2D eigenvalue weighted by atomic mass is 32.2. The molecule has 0 radical (unpaired) electrons. The van der Waals surface area contributed by atoms with Crippen molar-refractivity contribution in [1.29, 1.82) is 0 Å². The molecule has 22 heavy (non-hydrogen) atoms. The fraction of sp³-hybridized carbons (Fsp3) is 0. The Balaban J connectivity index is 2.82. The SMILES string of the molecule is O=C(O)c1cccc(C(=O)O)c1-c1cccc(S(=O)(=O)O)c1. The van der Waals surface area contributed by atoms with E-state index < -0.39 is 27.0 Å². The molecule has 2 aromatic rings. The van der Waals surface area contributed by atoms with Gasteiger partial charge in [-0.2, -0.15) is 8.42 Å². The molecule has 0 saturated heterocycles. The number of carboxylic acids is 2. The van der Waals surface area contributed by atoms with Crippen molar-refractivity contribution in [3.05, 3.63) is 53.6 Å². The monoisotopic (exact) mass is 322 g/mol. The average Bonchev–Trinajstić information content (AvgIpc) is 2.45. The lowest BCUT2D eigenvalue weighted by atomic mass is 9.94. The molecule has 0 aromatic heterocycles. The smallest absolute Gasteiger partial charge is 0.336 e. The normalized spacial score (nSPS) is 11.1. The summed E-state index contributed by atoms with van der Waals surface area (Å²) >= 11 is 0. The summed E-state index contributed by atoms with van der Waals surface area (Å²) in [5.74, 6) is -2.70. The van der Waals surface area contributed by atoms with E-state index in [0.29, 0.717) is 0 Å². The molecule has 0 aliphatic heterocycles. The van der Waals surface area contributed by atoms with Crippen LogP contribution in [-0.2, 0) is 10.1 Å². The number of carbonyl (C=O) groups is 2. The van der Waals surface area contributed by atoms with E-state index in [1.165, 1.54) is 30.3 Å². The molecule has 3 N–H and O–H groups in total. The van der Waals surface area contributed by atoms with E-state index in [9.17, 15) is 28.2 Å². The van der Waals surface area contributed by atoms with Gasteiger partial charge in [0, 0.05) is 5.56 Å². The summed E-state index contributed by atoms with van der Waals surface area (Å²) in [6, 6.07) is 8.48. The van der Waals surface area contributed by atoms with Gasteiger partial charge in [-0.1, -0.05) is 18.2 Å². The molecule has 0 spiro atoms. The average molecular weight is 322 g/mol. The molecule has 0 fully saturated rings. The first-order chi connectivity index (χ1) is 10.2. The van der Waals surface area contributed by atoms with Crippen molar-refractivity contribution in [2.75, 3.05) is 0 Å². The lowest BCUT2D eigenvalue weighted by Gasteiger charge is -2.11. The van der Waals surface area contributed by atoms with E-state index >= 15 is 0 Å². The van der Waals surface area contributed by atoms with Crippen LogP contribution in [0.25, 0.3) is 11.1 Å². The van der Waals surface area contributed by atoms with Gasteiger partial charge in [0.25, 0.3) is 10.1 Å². The van der Waals surface area contributed by atoms with E-state index in [0.717, 1.165) is 12.1 Å². The Bertz CT molecular complexity index is 836. The largest absolute Gasteiger partial charge is 0.478 e. The fourth-order valence-corrected chi connectivity index (χ4v) is 2.56. The van der Waals surface area contributed by atoms with Crippen LogP contribution < -0.4 is 0 Å². The molecule has 2 aromatic carbocycles. The van der Waals surface area contributed by atoms with Gasteiger partial charge in [-0.3, -0.25) is 4.55 Å². The van der Waals surface area contributed by atoms with Crippen molar-refractivity contribution in [3.63, 3.8) is 0 Å². The van der Waals surface area contributed by atoms with Crippen LogP contribution >= 0.6 is 0 Å². The molecular formula is C14H10O7S. The minimum absolute atomic E-state index is 0.0607. The predicted molar refractivity (Wildman–Crippen MR) is 75.6 cm³/mol. The van der Waals surface area contributed by atoms with Crippen LogP contribution in [0.3, 0.4) is 0 Å². The first kappa shape index (κ1) is 15.7. The Morgan fingerprint density at radius 1 is 0.864 bits per heavy atom. The molecule has 2 rings (SSSR count). The minimum atomic E-state index is -4.49. The van der Waals surface area contributed by atoms with Crippen molar-refractivity contribution < 1.29 is 32.8 Å². The van der Waals surface area contributed by atoms with E-state index in [1.807, 2.05) is 0 Å². The highest BCUT2D eigenvalue weighted by Crippen LogP contribution is 2.29. The first-order valence-corrected chi connectivity index (χ1v) is 7.33. The summed E-state index contributed by atoms with van der Waals surface area (Å²) < 4.78 is 31.4. The maximum absolute atomic E-state index is 11.3. The van der Waals surface area contributed by atoms with Crippen molar-refractivity contribution in [2.24, 2.45) is 0 Å². The number of carboxylic acid groups (broad SMARTS) is 2. The molecule has 0 bridgehead atoms. The van der Waals surface area contributed by atoms with Gasteiger partial charge in [0.15, 0.2) is 0 Å². The minimum Gasteiger partial charge on any atom is -0.478 e. The zero-order chi connectivity index (χ0) is 16.5. The Morgan fingerprint density at radius 2 is 1.36 bits per heavy atom. The lowest BCUT2D eigenvalue weighted by molar-refractivity contribution is 0.0696. The zero-order valence-electron chi connectivity index (χ0n) is 10.9. The van der Waals surface area contributed by atoms with Gasteiger partial charge in [-0.05, 0) is 29.8 Å². The van der Waals surface area contributed by atoms with Gasteiger partial charge in [-0.25, -0.2) is 9.59 Å². The van der Waals surface area contributed by atoms with Crippen molar-refractivity contribution in [1.82, 2.24) is 0 Å². The highest BCUT2D eigenvalue weighted by molar-refractivity contribution is 7.85. The number of benzene rings is 2. The third kappa shape index (κ3) is 2.97. The third-order valence-electron chi connectivity index (χ3n) is 2.95. The summed E-state index contributed by atoms with van der Waals surface area (Å²) in [4.78, 5) is 22.1. The molecule has 0 aliphatic carbocycles. The maximum Gasteiger partial charge on any atom is 0.336 e. The molecule has 0 amide bonds. The summed E-state index contributed by atoms with van der Waals surface area (Å²) in [5, 5.41) is 18.4. The van der Waals surface area contributed by atoms with Gasteiger partial charge >= 0.3 is 11.9 Å². The second-order valence-electron chi connectivity index (χ2n) is 4.34. The lowest BCUT2D eigenvalue weighted by Crippen LogP contribution is -2.07. The number of aromatic carboxylic acids is 2. The van der Waals surface area contributed by atoms with Crippen LogP contribution in [0.15, 0.2) is 47.4 Å². The van der Waals surface area contributed by atoms with Gasteiger partial charge in [0.2, 0.25) is 0 Å². The molecule has 0 atom stereocenters. The molecule has 8 heteroatoms. The molecule has 7 nitrogen and oxygen atoms in total. The highest BCUT2D eigenvalue weighted by Gasteiger charge is 2.21. The van der Waals surface area contributed by atoms with Crippen LogP contribution in [0.4, 0.5) is 0 Å². The van der Waals surface area contributed by atoms with Crippen molar-refractivity contribution in [3.8, 4) is 11.1 Å². The quantitative estimate of drug-likeness (QED) is 0.734. The van der Waals surface area contributed by atoms with E-state index in [-0.39, 0.29) is 22.3 Å². The van der Waals surface area contributed by atoms with E-state index in [1.54, 1.807) is 0 Å². The summed E-state index contributed by atoms with van der Waals surface area (Å²) in [6.07, 6.45) is 0. The number of hydrogen-bond acceptors (Lipinski definition) is 4. The molecule has 0 aliphatic rings. The maximum atomic E-state index is 11.3. The van der Waals surface area contributed by atoms with Crippen LogP contribution in [-0.4, -0.2) is 35.1 Å². The Labute approximate surface area is 125 Å². The third-order valence-corrected chi connectivity index (χ3v) is 3.80. The van der Waals surface area contributed by atoms with Crippen LogP contribution in [0.1, 0.15) is 20.7 Å². The second kappa shape index (κ2) is 5.58. The fourth-order valence-electron chi connectivity index (χ4n) is 2.03. The Hall–Kier alpha value is -2.71. The molecule has 0 saturated carbocycles. The van der Waals surface area contributed by atoms with Crippen LogP contribution in [0.5, 0.6) is 0 Å². The molecular weight excluding hydrogens is 312 g/mol. The summed E-state index contributed by atoms with van der Waals surface area (Å²) in [5.41, 5.74) is -0.640. The van der Waals surface area contributed by atoms with Crippen molar-refractivity contribution in [2.45, 2.75) is 4.90 Å². The van der Waals surface area contributed by atoms with E-state index in [2.05, 4.69) is 0 Å². The zero-order valence-corrected chi connectivity index (χ0v) is 11.7.